The van der Waals surface area contributed by atoms with Gasteiger partial charge in [-0.15, -0.1) is 0 Å². The number of hydrogen-bond donors (Lipinski definition) is 2. The Balaban J connectivity index is 1.49. The second-order valence-electron chi connectivity index (χ2n) is 8.21. The van der Waals surface area contributed by atoms with Gasteiger partial charge >= 0.3 is 0 Å². The third-order valence-electron chi connectivity index (χ3n) is 5.87. The maximum absolute atomic E-state index is 12.7. The van der Waals surface area contributed by atoms with Gasteiger partial charge in [-0.2, -0.15) is 0 Å². The highest BCUT2D eigenvalue weighted by Crippen LogP contribution is 2.39. The Bertz CT molecular complexity index is 1470. The molecule has 0 aliphatic heterocycles. The fraction of sp³-hybridized carbons (Fsp3) is 0.154. The van der Waals surface area contributed by atoms with Crippen molar-refractivity contribution >= 4 is 28.3 Å². The number of anilines is 2. The van der Waals surface area contributed by atoms with E-state index in [4.69, 9.17) is 10.5 Å². The average Bonchev–Trinajstić information content (AvgIpc) is 2.80. The number of hydrogen-bond acceptors (Lipinski definition) is 6. The number of aromatic nitrogens is 3. The quantitative estimate of drug-likeness (QED) is 0.357. The first kappa shape index (κ1) is 22.4. The molecule has 0 bridgehead atoms. The van der Waals surface area contributed by atoms with Gasteiger partial charge in [0.15, 0.2) is 0 Å². The molecule has 1 aliphatic carbocycles. The zero-order chi connectivity index (χ0) is 24.5. The summed E-state index contributed by atoms with van der Waals surface area (Å²) in [5.41, 5.74) is 8.41. The third kappa shape index (κ3) is 4.40. The second-order valence-corrected chi connectivity index (χ2v) is 8.21. The van der Waals surface area contributed by atoms with E-state index in [1.165, 1.54) is 6.08 Å². The summed E-state index contributed by atoms with van der Waals surface area (Å²) in [5.74, 6) is 0.171. The number of rotatable bonds is 6. The largest absolute Gasteiger partial charge is 0.437 e. The normalized spacial score (nSPS) is 15.0. The molecule has 0 spiro atoms. The topological polar surface area (TPSA) is 103 Å². The lowest BCUT2D eigenvalue weighted by Gasteiger charge is -2.24. The molecule has 0 saturated heterocycles. The number of ether oxygens (including phenoxy) is 1. The first-order valence-electron chi connectivity index (χ1n) is 10.9. The lowest BCUT2D eigenvalue weighted by molar-refractivity contribution is -0.119. The van der Waals surface area contributed by atoms with E-state index in [9.17, 15) is 13.6 Å². The molecule has 1 atom stereocenters. The number of nitrogen functional groups attached to an aromatic ring is 1. The van der Waals surface area contributed by atoms with Crippen molar-refractivity contribution < 1.29 is 18.3 Å². The van der Waals surface area contributed by atoms with Crippen LogP contribution in [0.1, 0.15) is 12.0 Å². The maximum atomic E-state index is 12.7. The number of alkyl halides is 2. The van der Waals surface area contributed by atoms with E-state index < -0.39 is 12.3 Å². The maximum Gasteiger partial charge on any atom is 0.259 e. The third-order valence-corrected chi connectivity index (χ3v) is 5.87. The summed E-state index contributed by atoms with van der Waals surface area (Å²) in [4.78, 5) is 25.2. The molecule has 3 N–H and O–H groups in total. The van der Waals surface area contributed by atoms with Crippen LogP contribution in [-0.2, 0) is 4.79 Å². The molecule has 1 amide bonds. The van der Waals surface area contributed by atoms with Crippen LogP contribution in [0.25, 0.3) is 22.0 Å². The average molecular weight is 473 g/mol. The minimum absolute atomic E-state index is 0.00555. The molecule has 4 aromatic rings. The van der Waals surface area contributed by atoms with E-state index in [1.54, 1.807) is 36.7 Å². The van der Waals surface area contributed by atoms with Crippen LogP contribution in [0.3, 0.4) is 0 Å². The van der Waals surface area contributed by atoms with Crippen molar-refractivity contribution in [1.29, 1.82) is 0 Å². The van der Waals surface area contributed by atoms with Crippen LogP contribution in [0, 0.1) is 12.8 Å². The predicted molar refractivity (Wildman–Crippen MR) is 129 cm³/mol. The number of allylic oxidation sites excluding steroid dienone is 1. The first-order valence-corrected chi connectivity index (χ1v) is 10.9. The number of aryl methyl sites for hydroxylation is 1. The zero-order valence-electron chi connectivity index (χ0n) is 18.7. The van der Waals surface area contributed by atoms with Gasteiger partial charge in [-0.3, -0.25) is 4.79 Å². The highest BCUT2D eigenvalue weighted by molar-refractivity contribution is 6.05. The van der Waals surface area contributed by atoms with Crippen LogP contribution in [0.4, 0.5) is 20.4 Å². The highest BCUT2D eigenvalue weighted by Gasteiger charge is 2.30. The molecule has 0 fully saturated rings. The minimum Gasteiger partial charge on any atom is -0.437 e. The van der Waals surface area contributed by atoms with Crippen molar-refractivity contribution in [3.05, 3.63) is 78.1 Å². The second kappa shape index (κ2) is 9.09. The predicted octanol–water partition coefficient (Wildman–Crippen LogP) is 5.52. The molecule has 0 unspecified atom stereocenters. The molecule has 35 heavy (non-hydrogen) atoms. The van der Waals surface area contributed by atoms with Gasteiger partial charge in [-0.25, -0.2) is 23.7 Å². The number of benzene rings is 2. The monoisotopic (exact) mass is 473 g/mol. The highest BCUT2D eigenvalue weighted by atomic mass is 19.3. The molecule has 2 aromatic heterocycles. The lowest BCUT2D eigenvalue weighted by atomic mass is 9.86. The fourth-order valence-electron chi connectivity index (χ4n) is 4.01. The molecular formula is C26H21F2N5O2. The van der Waals surface area contributed by atoms with Crippen LogP contribution >= 0.6 is 0 Å². The molecule has 7 nitrogen and oxygen atoms in total. The molecule has 0 radical (unpaired) electrons. The standard InChI is InChI=1S/C26H21F2N5O2/c1-14-7-8-17-18(4-2-6-20(17)32-24(34)16-12-15(13-16)23(27)28)22(14)35-25-19(5-3-10-30-25)21-9-11-31-26(29)33-21/h2-12,16,23H,13H2,1H3,(H,32,34)(H2,29,31,33)/t16-/m1/s1. The number of nitrogens with two attached hydrogens (primary N) is 1. The van der Waals surface area contributed by atoms with E-state index in [0.29, 0.717) is 28.6 Å². The summed E-state index contributed by atoms with van der Waals surface area (Å²) in [6.45, 7) is 1.91. The van der Waals surface area contributed by atoms with Crippen molar-refractivity contribution in [2.45, 2.75) is 19.8 Å². The van der Waals surface area contributed by atoms with Crippen LogP contribution in [-0.4, -0.2) is 27.3 Å². The van der Waals surface area contributed by atoms with Crippen molar-refractivity contribution in [3.63, 3.8) is 0 Å². The lowest BCUT2D eigenvalue weighted by Crippen LogP contribution is -2.28. The van der Waals surface area contributed by atoms with Crippen molar-refractivity contribution in [2.75, 3.05) is 11.1 Å². The minimum atomic E-state index is -2.52. The van der Waals surface area contributed by atoms with Crippen molar-refractivity contribution in [1.82, 2.24) is 15.0 Å². The van der Waals surface area contributed by atoms with Gasteiger partial charge in [-0.05, 0) is 48.7 Å². The van der Waals surface area contributed by atoms with Crippen LogP contribution in [0.15, 0.2) is 72.6 Å². The molecule has 2 heterocycles. The fourth-order valence-corrected chi connectivity index (χ4v) is 4.01. The van der Waals surface area contributed by atoms with Gasteiger partial charge in [0.25, 0.3) is 6.43 Å². The molecule has 176 valence electrons. The number of nitrogens with zero attached hydrogens (tertiary/aromatic N) is 3. The van der Waals surface area contributed by atoms with Gasteiger partial charge in [-0.1, -0.05) is 30.3 Å². The van der Waals surface area contributed by atoms with Crippen LogP contribution < -0.4 is 15.8 Å². The van der Waals surface area contributed by atoms with E-state index in [-0.39, 0.29) is 23.8 Å². The molecule has 2 aromatic carbocycles. The van der Waals surface area contributed by atoms with E-state index in [0.717, 1.165) is 16.3 Å². The Morgan fingerprint density at radius 2 is 1.91 bits per heavy atom. The van der Waals surface area contributed by atoms with Crippen molar-refractivity contribution in [3.8, 4) is 22.9 Å². The van der Waals surface area contributed by atoms with Gasteiger partial charge in [0.05, 0.1) is 17.2 Å². The van der Waals surface area contributed by atoms with Crippen LogP contribution in [0.5, 0.6) is 11.6 Å². The Labute approximate surface area is 199 Å². The number of pyridine rings is 1. The Morgan fingerprint density at radius 3 is 2.69 bits per heavy atom. The Hall–Kier alpha value is -4.40. The number of carbonyl (C=O) groups excluding carboxylic acids is 1. The SMILES string of the molecule is Cc1ccc2c(NC(=O)[C@@H]3C=C(C(F)F)C3)cccc2c1Oc1ncccc1-c1ccnc(N)n1. The van der Waals surface area contributed by atoms with Gasteiger partial charge < -0.3 is 15.8 Å². The number of halogens is 2. The number of carbonyl (C=O) groups is 1. The summed E-state index contributed by atoms with van der Waals surface area (Å²) < 4.78 is 31.8. The summed E-state index contributed by atoms with van der Waals surface area (Å²) in [6, 6.07) is 14.6. The van der Waals surface area contributed by atoms with E-state index in [1.807, 2.05) is 31.2 Å². The summed E-state index contributed by atoms with van der Waals surface area (Å²) in [6.07, 6.45) is 2.06. The smallest absolute Gasteiger partial charge is 0.259 e. The van der Waals surface area contributed by atoms with Gasteiger partial charge in [0.2, 0.25) is 17.7 Å². The molecule has 0 saturated carbocycles. The van der Waals surface area contributed by atoms with Crippen molar-refractivity contribution in [2.24, 2.45) is 5.92 Å². The zero-order valence-corrected chi connectivity index (χ0v) is 18.7. The first-order chi connectivity index (χ1) is 16.9. The molecular weight excluding hydrogens is 452 g/mol. The van der Waals surface area contributed by atoms with Gasteiger partial charge in [0, 0.05) is 28.9 Å². The molecule has 5 rings (SSSR count). The van der Waals surface area contributed by atoms with Gasteiger partial charge in [0.1, 0.15) is 5.75 Å². The summed E-state index contributed by atoms with van der Waals surface area (Å²) >= 11 is 0. The summed E-state index contributed by atoms with van der Waals surface area (Å²) in [5, 5.41) is 4.39. The Morgan fingerprint density at radius 1 is 1.09 bits per heavy atom. The molecule has 9 heteroatoms. The number of fused-ring (bicyclic) bond motifs is 1. The number of amides is 1. The summed E-state index contributed by atoms with van der Waals surface area (Å²) in [7, 11) is 0. The Kier molecular flexibility index (Phi) is 5.82. The number of nitrogens with one attached hydrogen (secondary N) is 1. The molecule has 1 aliphatic rings. The van der Waals surface area contributed by atoms with E-state index >= 15 is 0 Å². The van der Waals surface area contributed by atoms with E-state index in [2.05, 4.69) is 20.3 Å². The van der Waals surface area contributed by atoms with Crippen LogP contribution in [0.2, 0.25) is 0 Å².